The van der Waals surface area contributed by atoms with Crippen molar-refractivity contribution in [3.63, 3.8) is 0 Å². The molecular formula is C6H9FN2S. The van der Waals surface area contributed by atoms with Gasteiger partial charge < -0.3 is 5.73 Å². The van der Waals surface area contributed by atoms with E-state index >= 15 is 0 Å². The summed E-state index contributed by atoms with van der Waals surface area (Å²) in [6, 6.07) is 0. The van der Waals surface area contributed by atoms with Gasteiger partial charge in [0.1, 0.15) is 6.67 Å². The number of rotatable bonds is 2. The maximum atomic E-state index is 12.1. The predicted octanol–water partition coefficient (Wildman–Crippen LogP) is 1.38. The number of nitrogens with zero attached hydrogens (tertiary/aromatic N) is 1. The van der Waals surface area contributed by atoms with Crippen molar-refractivity contribution >= 4 is 11.3 Å². The van der Waals surface area contributed by atoms with E-state index in [1.165, 1.54) is 11.3 Å². The van der Waals surface area contributed by atoms with Crippen LogP contribution in [0.15, 0.2) is 0 Å². The molecule has 0 bridgehead atoms. The summed E-state index contributed by atoms with van der Waals surface area (Å²) in [6.07, 6.45) is 0. The topological polar surface area (TPSA) is 38.9 Å². The minimum absolute atomic E-state index is 0.394. The SMILES string of the molecule is Cc1nc(CF)c(CN)s1. The molecule has 0 fully saturated rings. The Morgan fingerprint density at radius 2 is 2.40 bits per heavy atom. The molecule has 1 heterocycles. The summed E-state index contributed by atoms with van der Waals surface area (Å²) in [5.74, 6) is 0. The molecule has 2 nitrogen and oxygen atoms in total. The monoisotopic (exact) mass is 160 g/mol. The van der Waals surface area contributed by atoms with Gasteiger partial charge in [-0.2, -0.15) is 0 Å². The second-order valence-electron chi connectivity index (χ2n) is 1.94. The van der Waals surface area contributed by atoms with Crippen LogP contribution in [0, 0.1) is 6.92 Å². The molecule has 0 aliphatic carbocycles. The summed E-state index contributed by atoms with van der Waals surface area (Å²) < 4.78 is 12.1. The molecule has 1 aromatic heterocycles. The third kappa shape index (κ3) is 1.33. The molecule has 0 aliphatic rings. The van der Waals surface area contributed by atoms with Gasteiger partial charge in [-0.05, 0) is 6.92 Å². The zero-order chi connectivity index (χ0) is 7.56. The number of halogens is 1. The van der Waals surface area contributed by atoms with Gasteiger partial charge in [0, 0.05) is 11.4 Å². The standard InChI is InChI=1S/C6H9FN2S/c1-4-9-5(2-7)6(3-8)10-4/h2-3,8H2,1H3. The fourth-order valence-corrected chi connectivity index (χ4v) is 1.59. The highest BCUT2D eigenvalue weighted by Crippen LogP contribution is 2.17. The largest absolute Gasteiger partial charge is 0.326 e. The lowest BCUT2D eigenvalue weighted by molar-refractivity contribution is 0.474. The number of hydrogen-bond donors (Lipinski definition) is 1. The summed E-state index contributed by atoms with van der Waals surface area (Å²) in [4.78, 5) is 4.82. The lowest BCUT2D eigenvalue weighted by Crippen LogP contribution is -1.96. The Hall–Kier alpha value is -0.480. The number of nitrogens with two attached hydrogens (primary N) is 1. The zero-order valence-electron chi connectivity index (χ0n) is 5.72. The third-order valence-corrected chi connectivity index (χ3v) is 2.23. The van der Waals surface area contributed by atoms with E-state index in [1.807, 2.05) is 6.92 Å². The Bertz CT molecular complexity index is 200. The second-order valence-corrected chi connectivity index (χ2v) is 3.23. The molecule has 10 heavy (non-hydrogen) atoms. The average Bonchev–Trinajstić information content (AvgIpc) is 2.30. The van der Waals surface area contributed by atoms with Crippen LogP contribution in [0.25, 0.3) is 0 Å². The van der Waals surface area contributed by atoms with E-state index in [2.05, 4.69) is 4.98 Å². The van der Waals surface area contributed by atoms with Gasteiger partial charge in [0.05, 0.1) is 10.7 Å². The Balaban J connectivity index is 2.96. The Morgan fingerprint density at radius 3 is 2.80 bits per heavy atom. The molecule has 4 heteroatoms. The van der Waals surface area contributed by atoms with Gasteiger partial charge in [-0.25, -0.2) is 9.37 Å². The van der Waals surface area contributed by atoms with Crippen LogP contribution in [0.1, 0.15) is 15.6 Å². The Labute approximate surface area is 62.9 Å². The normalized spacial score (nSPS) is 10.3. The molecule has 1 aromatic rings. The van der Waals surface area contributed by atoms with E-state index in [0.717, 1.165) is 9.88 Å². The lowest BCUT2D eigenvalue weighted by atomic mass is 10.4. The molecule has 0 atom stereocenters. The fraction of sp³-hybridized carbons (Fsp3) is 0.500. The van der Waals surface area contributed by atoms with Crippen LogP contribution < -0.4 is 5.73 Å². The van der Waals surface area contributed by atoms with E-state index in [9.17, 15) is 4.39 Å². The number of hydrogen-bond acceptors (Lipinski definition) is 3. The molecule has 0 spiro atoms. The van der Waals surface area contributed by atoms with Gasteiger partial charge in [0.15, 0.2) is 0 Å². The van der Waals surface area contributed by atoms with E-state index in [1.54, 1.807) is 0 Å². The Kier molecular flexibility index (Phi) is 2.34. The van der Waals surface area contributed by atoms with Gasteiger partial charge in [-0.15, -0.1) is 11.3 Å². The highest BCUT2D eigenvalue weighted by Gasteiger charge is 2.05. The summed E-state index contributed by atoms with van der Waals surface area (Å²) in [5, 5.41) is 0.883. The minimum Gasteiger partial charge on any atom is -0.326 e. The van der Waals surface area contributed by atoms with E-state index in [4.69, 9.17) is 5.73 Å². The second kappa shape index (κ2) is 3.07. The first-order valence-electron chi connectivity index (χ1n) is 2.99. The molecule has 0 radical (unpaired) electrons. The molecule has 0 saturated heterocycles. The fourth-order valence-electron chi connectivity index (χ4n) is 0.776. The van der Waals surface area contributed by atoms with Gasteiger partial charge >= 0.3 is 0 Å². The van der Waals surface area contributed by atoms with Gasteiger partial charge in [-0.3, -0.25) is 0 Å². The van der Waals surface area contributed by atoms with Crippen LogP contribution in [0.3, 0.4) is 0 Å². The minimum atomic E-state index is -0.503. The van der Waals surface area contributed by atoms with E-state index in [-0.39, 0.29) is 0 Å². The maximum absolute atomic E-state index is 12.1. The highest BCUT2D eigenvalue weighted by molar-refractivity contribution is 7.11. The van der Waals surface area contributed by atoms with Crippen LogP contribution in [0.2, 0.25) is 0 Å². The third-order valence-electron chi connectivity index (χ3n) is 1.20. The van der Waals surface area contributed by atoms with Crippen molar-refractivity contribution in [2.45, 2.75) is 20.1 Å². The van der Waals surface area contributed by atoms with Crippen molar-refractivity contribution in [3.8, 4) is 0 Å². The number of aromatic nitrogens is 1. The molecule has 0 amide bonds. The maximum Gasteiger partial charge on any atom is 0.133 e. The first-order valence-corrected chi connectivity index (χ1v) is 3.80. The molecular weight excluding hydrogens is 151 g/mol. The first-order chi connectivity index (χ1) is 4.77. The quantitative estimate of drug-likeness (QED) is 0.709. The van der Waals surface area contributed by atoms with Gasteiger partial charge in [0.2, 0.25) is 0 Å². The molecule has 0 aliphatic heterocycles. The van der Waals surface area contributed by atoms with Crippen molar-refractivity contribution in [2.75, 3.05) is 0 Å². The van der Waals surface area contributed by atoms with Crippen molar-refractivity contribution in [1.29, 1.82) is 0 Å². The summed E-state index contributed by atoms with van der Waals surface area (Å²) in [6.45, 7) is 1.74. The van der Waals surface area contributed by atoms with Crippen LogP contribution in [0.5, 0.6) is 0 Å². The lowest BCUT2D eigenvalue weighted by Gasteiger charge is -1.89. The molecule has 0 saturated carbocycles. The Morgan fingerprint density at radius 1 is 1.70 bits per heavy atom. The highest BCUT2D eigenvalue weighted by atomic mass is 32.1. The van der Waals surface area contributed by atoms with Crippen LogP contribution in [0.4, 0.5) is 4.39 Å². The molecule has 0 aromatic carbocycles. The molecule has 0 unspecified atom stereocenters. The zero-order valence-corrected chi connectivity index (χ0v) is 6.54. The van der Waals surface area contributed by atoms with E-state index in [0.29, 0.717) is 12.2 Å². The molecule has 1 rings (SSSR count). The van der Waals surface area contributed by atoms with Crippen molar-refractivity contribution in [1.82, 2.24) is 4.98 Å². The summed E-state index contributed by atoms with van der Waals surface area (Å²) in [5.41, 5.74) is 5.85. The van der Waals surface area contributed by atoms with Crippen LogP contribution in [-0.2, 0) is 13.2 Å². The number of thiazole rings is 1. The van der Waals surface area contributed by atoms with Crippen molar-refractivity contribution < 1.29 is 4.39 Å². The molecule has 2 N–H and O–H groups in total. The number of alkyl halides is 1. The van der Waals surface area contributed by atoms with Gasteiger partial charge in [0.25, 0.3) is 0 Å². The van der Waals surface area contributed by atoms with Crippen LogP contribution >= 0.6 is 11.3 Å². The molecule has 56 valence electrons. The summed E-state index contributed by atoms with van der Waals surface area (Å²) >= 11 is 1.46. The van der Waals surface area contributed by atoms with Crippen LogP contribution in [-0.4, -0.2) is 4.98 Å². The summed E-state index contributed by atoms with van der Waals surface area (Å²) in [7, 11) is 0. The smallest absolute Gasteiger partial charge is 0.133 e. The van der Waals surface area contributed by atoms with Crippen molar-refractivity contribution in [2.24, 2.45) is 5.73 Å². The van der Waals surface area contributed by atoms with Crippen molar-refractivity contribution in [3.05, 3.63) is 15.6 Å². The predicted molar refractivity (Wildman–Crippen MR) is 39.6 cm³/mol. The average molecular weight is 160 g/mol. The van der Waals surface area contributed by atoms with E-state index < -0.39 is 6.67 Å². The van der Waals surface area contributed by atoms with Gasteiger partial charge in [-0.1, -0.05) is 0 Å². The first kappa shape index (κ1) is 7.63. The number of aryl methyl sites for hydroxylation is 1.